The maximum absolute atomic E-state index is 12.5. The van der Waals surface area contributed by atoms with Gasteiger partial charge in [0.25, 0.3) is 0 Å². The van der Waals surface area contributed by atoms with Crippen LogP contribution < -0.4 is 10.1 Å². The van der Waals surface area contributed by atoms with Gasteiger partial charge in [-0.3, -0.25) is 9.59 Å². The fourth-order valence-electron chi connectivity index (χ4n) is 2.37. The Morgan fingerprint density at radius 3 is 2.73 bits per heavy atom. The molecule has 0 aromatic heterocycles. The minimum atomic E-state index is -4.97. The molecule has 1 aliphatic rings. The molecule has 120 valence electrons. The van der Waals surface area contributed by atoms with Gasteiger partial charge in [0, 0.05) is 18.3 Å². The summed E-state index contributed by atoms with van der Waals surface area (Å²) in [6.45, 7) is -0.0749. The summed E-state index contributed by atoms with van der Waals surface area (Å²) >= 11 is 0. The molecule has 8 heteroatoms. The van der Waals surface area contributed by atoms with Crippen molar-refractivity contribution in [3.05, 3.63) is 24.3 Å². The molecule has 5 nitrogen and oxygen atoms in total. The van der Waals surface area contributed by atoms with E-state index in [0.717, 1.165) is 0 Å². The summed E-state index contributed by atoms with van der Waals surface area (Å²) in [4.78, 5) is 24.1. The first kappa shape index (κ1) is 16.1. The summed E-state index contributed by atoms with van der Waals surface area (Å²) < 4.78 is 42.6. The summed E-state index contributed by atoms with van der Waals surface area (Å²) in [7, 11) is 1.46. The van der Waals surface area contributed by atoms with Crippen molar-refractivity contribution in [1.29, 1.82) is 0 Å². The van der Waals surface area contributed by atoms with Crippen molar-refractivity contribution in [3.8, 4) is 5.75 Å². The molecule has 1 aromatic rings. The van der Waals surface area contributed by atoms with Gasteiger partial charge in [0.15, 0.2) is 0 Å². The molecule has 1 fully saturated rings. The molecule has 1 heterocycles. The highest BCUT2D eigenvalue weighted by Crippen LogP contribution is 2.26. The van der Waals surface area contributed by atoms with E-state index >= 15 is 0 Å². The lowest BCUT2D eigenvalue weighted by atomic mass is 10.2. The largest absolute Gasteiger partial charge is 0.497 e. The normalized spacial score (nSPS) is 18.2. The van der Waals surface area contributed by atoms with Gasteiger partial charge in [0.1, 0.15) is 11.8 Å². The van der Waals surface area contributed by atoms with Crippen molar-refractivity contribution < 1.29 is 27.5 Å². The number of hydrogen-bond donors (Lipinski definition) is 1. The minimum Gasteiger partial charge on any atom is -0.497 e. The average Bonchev–Trinajstić information content (AvgIpc) is 2.95. The zero-order valence-corrected chi connectivity index (χ0v) is 11.8. The lowest BCUT2D eigenvalue weighted by Gasteiger charge is -2.24. The van der Waals surface area contributed by atoms with Gasteiger partial charge in [0.2, 0.25) is 5.91 Å². The molecule has 1 atom stereocenters. The lowest BCUT2D eigenvalue weighted by molar-refractivity contribution is -0.186. The van der Waals surface area contributed by atoms with E-state index in [0.29, 0.717) is 22.8 Å². The highest BCUT2D eigenvalue weighted by atomic mass is 19.4. The third-order valence-corrected chi connectivity index (χ3v) is 3.40. The van der Waals surface area contributed by atoms with Crippen LogP contribution in [0.1, 0.15) is 12.8 Å². The van der Waals surface area contributed by atoms with Crippen LogP contribution in [0.15, 0.2) is 24.3 Å². The zero-order valence-electron chi connectivity index (χ0n) is 11.8. The van der Waals surface area contributed by atoms with E-state index in [2.05, 4.69) is 5.32 Å². The van der Waals surface area contributed by atoms with Gasteiger partial charge in [-0.2, -0.15) is 13.2 Å². The number of likely N-dealkylation sites (tertiary alicyclic amines) is 1. The second kappa shape index (κ2) is 6.25. The van der Waals surface area contributed by atoms with Crippen molar-refractivity contribution in [2.24, 2.45) is 0 Å². The molecule has 0 radical (unpaired) electrons. The Hall–Kier alpha value is -2.25. The third-order valence-electron chi connectivity index (χ3n) is 3.40. The molecule has 0 saturated carbocycles. The minimum absolute atomic E-state index is 0.0749. The van der Waals surface area contributed by atoms with E-state index in [1.807, 2.05) is 0 Å². The Balaban J connectivity index is 2.09. The van der Waals surface area contributed by atoms with Crippen LogP contribution >= 0.6 is 0 Å². The predicted octanol–water partition coefficient (Wildman–Crippen LogP) is 2.19. The number of carbonyl (C=O) groups excluding carboxylic acids is 2. The molecule has 2 amide bonds. The van der Waals surface area contributed by atoms with Gasteiger partial charge in [-0.05, 0) is 25.0 Å². The lowest BCUT2D eigenvalue weighted by Crippen LogP contribution is -2.48. The molecule has 1 aromatic carbocycles. The Kier molecular flexibility index (Phi) is 4.58. The number of benzene rings is 1. The molecule has 22 heavy (non-hydrogen) atoms. The predicted molar refractivity (Wildman–Crippen MR) is 72.4 cm³/mol. The van der Waals surface area contributed by atoms with E-state index in [9.17, 15) is 22.8 Å². The first-order valence-corrected chi connectivity index (χ1v) is 6.65. The van der Waals surface area contributed by atoms with Crippen LogP contribution in [0, 0.1) is 0 Å². The number of nitrogens with one attached hydrogen (secondary N) is 1. The highest BCUT2D eigenvalue weighted by molar-refractivity contribution is 5.98. The van der Waals surface area contributed by atoms with Gasteiger partial charge in [-0.15, -0.1) is 0 Å². The third kappa shape index (κ3) is 3.49. The number of amides is 2. The second-order valence-corrected chi connectivity index (χ2v) is 4.88. The van der Waals surface area contributed by atoms with Crippen molar-refractivity contribution >= 4 is 17.5 Å². The van der Waals surface area contributed by atoms with Gasteiger partial charge >= 0.3 is 12.1 Å². The average molecular weight is 316 g/mol. The fraction of sp³-hybridized carbons (Fsp3) is 0.429. The smallest absolute Gasteiger partial charge is 0.471 e. The quantitative estimate of drug-likeness (QED) is 0.930. The standard InChI is InChI=1S/C14H15F3N2O3/c1-22-10-5-2-4-9(8-10)18-12(20)11-6-3-7-19(11)13(21)14(15,16)17/h2,4-5,8,11H,3,6-7H2,1H3,(H,18,20). The van der Waals surface area contributed by atoms with Gasteiger partial charge in [-0.25, -0.2) is 0 Å². The number of ether oxygens (including phenoxy) is 1. The summed E-state index contributed by atoms with van der Waals surface area (Å²) in [6, 6.07) is 5.33. The summed E-state index contributed by atoms with van der Waals surface area (Å²) in [5.41, 5.74) is 0.399. The molecule has 1 unspecified atom stereocenters. The van der Waals surface area contributed by atoms with Crippen LogP contribution in [-0.2, 0) is 9.59 Å². The monoisotopic (exact) mass is 316 g/mol. The van der Waals surface area contributed by atoms with Crippen molar-refractivity contribution in [1.82, 2.24) is 4.90 Å². The van der Waals surface area contributed by atoms with Crippen LogP contribution in [0.3, 0.4) is 0 Å². The number of halogens is 3. The second-order valence-electron chi connectivity index (χ2n) is 4.88. The van der Waals surface area contributed by atoms with E-state index in [4.69, 9.17) is 4.74 Å². The Morgan fingerprint density at radius 1 is 1.36 bits per heavy atom. The van der Waals surface area contributed by atoms with Gasteiger partial charge < -0.3 is 15.0 Å². The number of anilines is 1. The van der Waals surface area contributed by atoms with Crippen LogP contribution in [-0.4, -0.2) is 42.6 Å². The number of nitrogens with zero attached hydrogens (tertiary/aromatic N) is 1. The first-order chi connectivity index (χ1) is 10.3. The summed E-state index contributed by atoms with van der Waals surface area (Å²) in [5, 5.41) is 2.51. The SMILES string of the molecule is COc1cccc(NC(=O)C2CCCN2C(=O)C(F)(F)F)c1. The number of alkyl halides is 3. The Bertz CT molecular complexity index is 575. The molecular weight excluding hydrogens is 301 g/mol. The van der Waals surface area contributed by atoms with Crippen LogP contribution in [0.25, 0.3) is 0 Å². The number of rotatable bonds is 3. The zero-order chi connectivity index (χ0) is 16.3. The Morgan fingerprint density at radius 2 is 2.09 bits per heavy atom. The molecule has 0 aliphatic carbocycles. The molecular formula is C14H15F3N2O3. The number of methoxy groups -OCH3 is 1. The van der Waals surface area contributed by atoms with Crippen molar-refractivity contribution in [2.75, 3.05) is 19.0 Å². The fourth-order valence-corrected chi connectivity index (χ4v) is 2.37. The topological polar surface area (TPSA) is 58.6 Å². The van der Waals surface area contributed by atoms with E-state index in [-0.39, 0.29) is 13.0 Å². The molecule has 0 bridgehead atoms. The van der Waals surface area contributed by atoms with Gasteiger partial charge in [0.05, 0.1) is 7.11 Å². The molecule has 0 spiro atoms. The van der Waals surface area contributed by atoms with Crippen LogP contribution in [0.5, 0.6) is 5.75 Å². The Labute approximate surface area is 125 Å². The molecule has 2 rings (SSSR count). The first-order valence-electron chi connectivity index (χ1n) is 6.65. The number of hydrogen-bond acceptors (Lipinski definition) is 3. The molecule has 1 saturated heterocycles. The van der Waals surface area contributed by atoms with Crippen molar-refractivity contribution in [3.63, 3.8) is 0 Å². The van der Waals surface area contributed by atoms with Crippen LogP contribution in [0.4, 0.5) is 18.9 Å². The van der Waals surface area contributed by atoms with Gasteiger partial charge in [-0.1, -0.05) is 6.07 Å². The maximum atomic E-state index is 12.5. The van der Waals surface area contributed by atoms with Crippen molar-refractivity contribution in [2.45, 2.75) is 25.1 Å². The van der Waals surface area contributed by atoms with E-state index in [1.54, 1.807) is 24.3 Å². The summed E-state index contributed by atoms with van der Waals surface area (Å²) in [6.07, 6.45) is -4.41. The number of carbonyl (C=O) groups is 2. The van der Waals surface area contributed by atoms with Crippen LogP contribution in [0.2, 0.25) is 0 Å². The van der Waals surface area contributed by atoms with E-state index < -0.39 is 24.0 Å². The highest BCUT2D eigenvalue weighted by Gasteiger charge is 2.47. The maximum Gasteiger partial charge on any atom is 0.471 e. The summed E-state index contributed by atoms with van der Waals surface area (Å²) in [5.74, 6) is -2.11. The molecule has 1 aliphatic heterocycles. The molecule has 1 N–H and O–H groups in total. The van der Waals surface area contributed by atoms with E-state index in [1.165, 1.54) is 7.11 Å².